The summed E-state index contributed by atoms with van der Waals surface area (Å²) in [6.07, 6.45) is 1.69. The molecule has 18 heavy (non-hydrogen) atoms. The zero-order valence-electron chi connectivity index (χ0n) is 11.7. The average molecular weight is 258 g/mol. The molecule has 2 atom stereocenters. The third kappa shape index (κ3) is 4.46. The standard InChI is InChI=1S/C13H26N2O3/c1-4-18-13(17)15-7-5-12(6-8-15)14-11(3)10(2)9-16/h10-12,14,16H,4-9H2,1-3H3. The Kier molecular flexibility index (Phi) is 6.43. The first-order valence-electron chi connectivity index (χ1n) is 6.87. The number of hydrogen-bond donors (Lipinski definition) is 2. The molecule has 2 N–H and O–H groups in total. The molecule has 0 bridgehead atoms. The number of nitrogens with zero attached hydrogens (tertiary/aromatic N) is 1. The lowest BCUT2D eigenvalue weighted by Gasteiger charge is -2.34. The van der Waals surface area contributed by atoms with Crippen molar-refractivity contribution in [2.24, 2.45) is 5.92 Å². The van der Waals surface area contributed by atoms with Gasteiger partial charge in [0, 0.05) is 31.8 Å². The lowest BCUT2D eigenvalue weighted by atomic mass is 10.00. The van der Waals surface area contributed by atoms with Gasteiger partial charge in [-0.1, -0.05) is 6.92 Å². The minimum atomic E-state index is -0.201. The summed E-state index contributed by atoms with van der Waals surface area (Å²) in [5.74, 6) is 0.257. The van der Waals surface area contributed by atoms with Crippen molar-refractivity contribution in [2.75, 3.05) is 26.3 Å². The number of aliphatic hydroxyl groups excluding tert-OH is 1. The predicted molar refractivity (Wildman–Crippen MR) is 70.5 cm³/mol. The molecule has 1 fully saturated rings. The van der Waals surface area contributed by atoms with Crippen LogP contribution in [0.2, 0.25) is 0 Å². The summed E-state index contributed by atoms with van der Waals surface area (Å²) < 4.78 is 4.99. The predicted octanol–water partition coefficient (Wildman–Crippen LogP) is 1.21. The van der Waals surface area contributed by atoms with Crippen LogP contribution in [0.1, 0.15) is 33.6 Å². The third-order valence-electron chi connectivity index (χ3n) is 3.66. The smallest absolute Gasteiger partial charge is 0.409 e. The molecule has 0 saturated carbocycles. The van der Waals surface area contributed by atoms with Crippen molar-refractivity contribution in [3.05, 3.63) is 0 Å². The van der Waals surface area contributed by atoms with Crippen molar-refractivity contribution >= 4 is 6.09 Å². The maximum atomic E-state index is 11.5. The lowest BCUT2D eigenvalue weighted by molar-refractivity contribution is 0.0929. The van der Waals surface area contributed by atoms with E-state index in [0.29, 0.717) is 18.7 Å². The van der Waals surface area contributed by atoms with E-state index in [2.05, 4.69) is 12.2 Å². The van der Waals surface area contributed by atoms with Gasteiger partial charge in [-0.05, 0) is 32.6 Å². The van der Waals surface area contributed by atoms with Crippen molar-refractivity contribution in [3.8, 4) is 0 Å². The van der Waals surface area contributed by atoms with Gasteiger partial charge in [0.25, 0.3) is 0 Å². The summed E-state index contributed by atoms with van der Waals surface area (Å²) in [7, 11) is 0. The first kappa shape index (κ1) is 15.2. The third-order valence-corrected chi connectivity index (χ3v) is 3.66. The fraction of sp³-hybridized carbons (Fsp3) is 0.923. The first-order valence-corrected chi connectivity index (χ1v) is 6.87. The molecule has 0 aromatic heterocycles. The van der Waals surface area contributed by atoms with Crippen LogP contribution >= 0.6 is 0 Å². The highest BCUT2D eigenvalue weighted by atomic mass is 16.6. The van der Waals surface area contributed by atoms with Gasteiger partial charge in [0.1, 0.15) is 0 Å². The van der Waals surface area contributed by atoms with E-state index in [4.69, 9.17) is 9.84 Å². The Morgan fingerprint density at radius 2 is 2.06 bits per heavy atom. The minimum Gasteiger partial charge on any atom is -0.450 e. The van der Waals surface area contributed by atoms with Gasteiger partial charge in [-0.15, -0.1) is 0 Å². The normalized spacial score (nSPS) is 20.6. The highest BCUT2D eigenvalue weighted by Gasteiger charge is 2.25. The van der Waals surface area contributed by atoms with Crippen LogP contribution in [0.4, 0.5) is 4.79 Å². The number of piperidine rings is 1. The van der Waals surface area contributed by atoms with E-state index in [9.17, 15) is 4.79 Å². The molecule has 1 amide bonds. The molecule has 0 aliphatic carbocycles. The van der Waals surface area contributed by atoms with Crippen LogP contribution in [0, 0.1) is 5.92 Å². The van der Waals surface area contributed by atoms with E-state index >= 15 is 0 Å². The molecule has 0 radical (unpaired) electrons. The molecule has 1 rings (SSSR count). The number of hydrogen-bond acceptors (Lipinski definition) is 4. The number of carbonyl (C=O) groups excluding carboxylic acids is 1. The lowest BCUT2D eigenvalue weighted by Crippen LogP contribution is -2.49. The number of likely N-dealkylation sites (tertiary alicyclic amines) is 1. The minimum absolute atomic E-state index is 0.201. The van der Waals surface area contributed by atoms with E-state index in [0.717, 1.165) is 25.9 Å². The van der Waals surface area contributed by atoms with Crippen molar-refractivity contribution in [2.45, 2.75) is 45.7 Å². The maximum absolute atomic E-state index is 11.5. The Morgan fingerprint density at radius 1 is 1.44 bits per heavy atom. The topological polar surface area (TPSA) is 61.8 Å². The molecule has 0 aromatic carbocycles. The van der Waals surface area contributed by atoms with E-state index in [1.165, 1.54) is 0 Å². The Hall–Kier alpha value is -0.810. The summed E-state index contributed by atoms with van der Waals surface area (Å²) in [4.78, 5) is 13.3. The first-order chi connectivity index (χ1) is 8.58. The van der Waals surface area contributed by atoms with Crippen LogP contribution in [-0.2, 0) is 4.74 Å². The summed E-state index contributed by atoms with van der Waals surface area (Å²) in [5.41, 5.74) is 0. The molecule has 1 saturated heterocycles. The van der Waals surface area contributed by atoms with E-state index in [-0.39, 0.29) is 18.6 Å². The zero-order chi connectivity index (χ0) is 13.5. The average Bonchev–Trinajstić information content (AvgIpc) is 2.38. The molecule has 106 valence electrons. The van der Waals surface area contributed by atoms with Crippen molar-refractivity contribution in [3.63, 3.8) is 0 Å². The van der Waals surface area contributed by atoms with Crippen LogP contribution < -0.4 is 5.32 Å². The Balaban J connectivity index is 2.29. The van der Waals surface area contributed by atoms with Crippen LogP contribution in [-0.4, -0.2) is 54.5 Å². The second-order valence-corrected chi connectivity index (χ2v) is 5.08. The van der Waals surface area contributed by atoms with Crippen LogP contribution in [0.15, 0.2) is 0 Å². The fourth-order valence-electron chi connectivity index (χ4n) is 2.14. The van der Waals surface area contributed by atoms with E-state index in [1.807, 2.05) is 13.8 Å². The van der Waals surface area contributed by atoms with Gasteiger partial charge < -0.3 is 20.1 Å². The maximum Gasteiger partial charge on any atom is 0.409 e. The van der Waals surface area contributed by atoms with Crippen molar-refractivity contribution in [1.82, 2.24) is 10.2 Å². The molecule has 5 nitrogen and oxygen atoms in total. The summed E-state index contributed by atoms with van der Waals surface area (Å²) in [6, 6.07) is 0.730. The molecule has 0 spiro atoms. The summed E-state index contributed by atoms with van der Waals surface area (Å²) >= 11 is 0. The molecule has 2 unspecified atom stereocenters. The van der Waals surface area contributed by atoms with Gasteiger partial charge in [0.15, 0.2) is 0 Å². The molecular formula is C13H26N2O3. The molecular weight excluding hydrogens is 232 g/mol. The molecule has 1 heterocycles. The number of ether oxygens (including phenoxy) is 1. The Bertz CT molecular complexity index is 253. The van der Waals surface area contributed by atoms with Crippen molar-refractivity contribution < 1.29 is 14.6 Å². The number of nitrogens with one attached hydrogen (secondary N) is 1. The van der Waals surface area contributed by atoms with Crippen LogP contribution in [0.3, 0.4) is 0 Å². The van der Waals surface area contributed by atoms with Gasteiger partial charge in [-0.2, -0.15) is 0 Å². The SMILES string of the molecule is CCOC(=O)N1CCC(NC(C)C(C)CO)CC1. The molecule has 0 aromatic rings. The number of rotatable bonds is 5. The van der Waals surface area contributed by atoms with Gasteiger partial charge in [-0.25, -0.2) is 4.79 Å². The Morgan fingerprint density at radius 3 is 2.56 bits per heavy atom. The number of amides is 1. The largest absolute Gasteiger partial charge is 0.450 e. The van der Waals surface area contributed by atoms with E-state index in [1.54, 1.807) is 4.90 Å². The zero-order valence-corrected chi connectivity index (χ0v) is 11.7. The highest BCUT2D eigenvalue weighted by Crippen LogP contribution is 2.13. The molecule has 1 aliphatic heterocycles. The van der Waals surface area contributed by atoms with Gasteiger partial charge in [-0.3, -0.25) is 0 Å². The fourth-order valence-corrected chi connectivity index (χ4v) is 2.14. The quantitative estimate of drug-likeness (QED) is 0.778. The second-order valence-electron chi connectivity index (χ2n) is 5.08. The summed E-state index contributed by atoms with van der Waals surface area (Å²) in [6.45, 7) is 8.08. The highest BCUT2D eigenvalue weighted by molar-refractivity contribution is 5.67. The number of carbonyl (C=O) groups is 1. The van der Waals surface area contributed by atoms with Gasteiger partial charge in [0.05, 0.1) is 6.61 Å². The van der Waals surface area contributed by atoms with Crippen LogP contribution in [0.5, 0.6) is 0 Å². The van der Waals surface area contributed by atoms with Gasteiger partial charge in [0.2, 0.25) is 0 Å². The summed E-state index contributed by atoms with van der Waals surface area (Å²) in [5, 5.41) is 12.6. The van der Waals surface area contributed by atoms with Crippen molar-refractivity contribution in [1.29, 1.82) is 0 Å². The second kappa shape index (κ2) is 7.59. The Labute approximate surface area is 109 Å². The molecule has 1 aliphatic rings. The van der Waals surface area contributed by atoms with Gasteiger partial charge >= 0.3 is 6.09 Å². The molecule has 5 heteroatoms. The number of aliphatic hydroxyl groups is 1. The monoisotopic (exact) mass is 258 g/mol. The van der Waals surface area contributed by atoms with Crippen LogP contribution in [0.25, 0.3) is 0 Å². The van der Waals surface area contributed by atoms with E-state index < -0.39 is 0 Å².